The average molecular weight is 423 g/mol. The maximum absolute atomic E-state index is 9.07. The van der Waals surface area contributed by atoms with Crippen LogP contribution in [0.3, 0.4) is 0 Å². The van der Waals surface area contributed by atoms with Crippen LogP contribution in [0.4, 0.5) is 6.01 Å². The van der Waals surface area contributed by atoms with Gasteiger partial charge in [0, 0.05) is 37.2 Å². The highest BCUT2D eigenvalue weighted by Crippen LogP contribution is 2.38. The molecular weight excluding hydrogens is 396 g/mol. The van der Waals surface area contributed by atoms with Gasteiger partial charge in [0.2, 0.25) is 0 Å². The van der Waals surface area contributed by atoms with Crippen molar-refractivity contribution >= 4 is 21.9 Å². The highest BCUT2D eigenvalue weighted by Gasteiger charge is 2.38. The molecule has 142 valence electrons. The molecule has 0 amide bonds. The third kappa shape index (κ3) is 3.80. The van der Waals surface area contributed by atoms with Crippen molar-refractivity contribution in [3.05, 3.63) is 40.1 Å². The van der Waals surface area contributed by atoms with Crippen LogP contribution in [0.2, 0.25) is 0 Å². The number of piperazine rings is 1. The number of aliphatic hydroxyl groups is 1. The summed E-state index contributed by atoms with van der Waals surface area (Å²) < 4.78 is 6.69. The van der Waals surface area contributed by atoms with Gasteiger partial charge < -0.3 is 14.5 Å². The molecule has 1 atom stereocenters. The fraction of sp³-hybridized carbons (Fsp3) is 0.579. The Hall–Kier alpha value is -1.44. The van der Waals surface area contributed by atoms with Crippen molar-refractivity contribution in [1.82, 2.24) is 15.0 Å². The quantitative estimate of drug-likeness (QED) is 0.771. The van der Waals surface area contributed by atoms with Crippen LogP contribution in [0.25, 0.3) is 0 Å². The van der Waals surface area contributed by atoms with Gasteiger partial charge >= 0.3 is 6.01 Å². The summed E-state index contributed by atoms with van der Waals surface area (Å²) in [4.78, 5) is 9.14. The topological polar surface area (TPSA) is 65.6 Å². The monoisotopic (exact) mass is 422 g/mol. The Morgan fingerprint density at radius 2 is 1.85 bits per heavy atom. The molecule has 0 saturated carbocycles. The molecule has 6 nitrogen and oxygen atoms in total. The van der Waals surface area contributed by atoms with Crippen LogP contribution in [0.5, 0.6) is 0 Å². The number of benzene rings is 1. The molecule has 3 rings (SSSR count). The van der Waals surface area contributed by atoms with Gasteiger partial charge in [-0.3, -0.25) is 4.90 Å². The summed E-state index contributed by atoms with van der Waals surface area (Å²) in [5, 5.41) is 13.4. The lowest BCUT2D eigenvalue weighted by molar-refractivity contribution is 0.186. The van der Waals surface area contributed by atoms with Crippen LogP contribution in [-0.2, 0) is 5.41 Å². The molecule has 0 bridgehead atoms. The van der Waals surface area contributed by atoms with Crippen LogP contribution in [-0.4, -0.2) is 59.5 Å². The van der Waals surface area contributed by atoms with Crippen LogP contribution in [0.1, 0.15) is 32.2 Å². The Labute approximate surface area is 163 Å². The Morgan fingerprint density at radius 1 is 1.19 bits per heavy atom. The van der Waals surface area contributed by atoms with Crippen molar-refractivity contribution in [2.24, 2.45) is 5.92 Å². The molecule has 1 N–H and O–H groups in total. The van der Waals surface area contributed by atoms with Crippen molar-refractivity contribution < 1.29 is 9.63 Å². The first kappa shape index (κ1) is 19.3. The van der Waals surface area contributed by atoms with Crippen molar-refractivity contribution in [2.45, 2.75) is 26.2 Å². The summed E-state index contributed by atoms with van der Waals surface area (Å²) in [7, 11) is 0. The first-order valence-electron chi connectivity index (χ1n) is 9.13. The number of rotatable bonds is 6. The molecule has 1 aromatic heterocycles. The van der Waals surface area contributed by atoms with E-state index in [0.29, 0.717) is 11.9 Å². The Kier molecular flexibility index (Phi) is 5.99. The van der Waals surface area contributed by atoms with Gasteiger partial charge in [-0.15, -0.1) is 0 Å². The summed E-state index contributed by atoms with van der Waals surface area (Å²) in [5.41, 5.74) is 0.858. The lowest BCUT2D eigenvalue weighted by atomic mass is 9.73. The minimum Gasteiger partial charge on any atom is -0.395 e. The third-order valence-corrected chi connectivity index (χ3v) is 6.07. The molecule has 1 saturated heterocycles. The summed E-state index contributed by atoms with van der Waals surface area (Å²) >= 11 is 3.50. The average Bonchev–Trinajstić information content (AvgIpc) is 3.13. The zero-order chi connectivity index (χ0) is 18.7. The van der Waals surface area contributed by atoms with E-state index in [0.717, 1.165) is 43.0 Å². The number of aromatic nitrogens is 2. The molecule has 1 aliphatic heterocycles. The second-order valence-corrected chi connectivity index (χ2v) is 8.23. The summed E-state index contributed by atoms with van der Waals surface area (Å²) in [6.45, 7) is 10.9. The predicted molar refractivity (Wildman–Crippen MR) is 105 cm³/mol. The van der Waals surface area contributed by atoms with E-state index in [9.17, 15) is 0 Å². The molecule has 0 spiro atoms. The first-order chi connectivity index (χ1) is 12.4. The third-order valence-electron chi connectivity index (χ3n) is 5.54. The SMILES string of the molecule is CC(C)C(C)(c1ccc(Br)cc1)c1noc(N2CCN(CCO)CC2)n1. The van der Waals surface area contributed by atoms with Gasteiger partial charge in [-0.1, -0.05) is 47.1 Å². The number of anilines is 1. The van der Waals surface area contributed by atoms with E-state index >= 15 is 0 Å². The Bertz CT molecular complexity index is 711. The summed E-state index contributed by atoms with van der Waals surface area (Å²) in [5.74, 6) is 1.04. The molecule has 1 aliphatic rings. The molecule has 2 aromatic rings. The van der Waals surface area contributed by atoms with Crippen molar-refractivity contribution in [1.29, 1.82) is 0 Å². The predicted octanol–water partition coefficient (Wildman–Crippen LogP) is 2.91. The standard InChI is InChI=1S/C19H27BrN4O2/c1-14(2)19(3,15-4-6-16(20)7-5-15)17-21-18(26-22-17)24-10-8-23(9-11-24)12-13-25/h4-7,14,25H,8-13H2,1-3H3. The highest BCUT2D eigenvalue weighted by molar-refractivity contribution is 9.10. The van der Waals surface area contributed by atoms with E-state index in [4.69, 9.17) is 14.6 Å². The fourth-order valence-corrected chi connectivity index (χ4v) is 3.64. The number of aliphatic hydroxyl groups excluding tert-OH is 1. The van der Waals surface area contributed by atoms with Crippen molar-refractivity contribution in [3.63, 3.8) is 0 Å². The molecule has 0 aliphatic carbocycles. The van der Waals surface area contributed by atoms with Gasteiger partial charge in [-0.2, -0.15) is 4.98 Å². The smallest absolute Gasteiger partial charge is 0.324 e. The second kappa shape index (κ2) is 8.06. The molecule has 26 heavy (non-hydrogen) atoms. The van der Waals surface area contributed by atoms with Crippen LogP contribution in [0.15, 0.2) is 33.3 Å². The summed E-state index contributed by atoms with van der Waals surface area (Å²) in [6.07, 6.45) is 0. The number of β-amino-alcohol motifs (C(OH)–C–C–N with tert-alkyl or cyclic N) is 1. The minimum atomic E-state index is -0.318. The Balaban J connectivity index is 1.81. The maximum atomic E-state index is 9.07. The lowest BCUT2D eigenvalue weighted by Gasteiger charge is -2.33. The van der Waals surface area contributed by atoms with E-state index in [2.05, 4.69) is 75.9 Å². The van der Waals surface area contributed by atoms with Crippen LogP contribution >= 0.6 is 15.9 Å². The van der Waals surface area contributed by atoms with Crippen molar-refractivity contribution in [3.8, 4) is 0 Å². The van der Waals surface area contributed by atoms with E-state index < -0.39 is 0 Å². The highest BCUT2D eigenvalue weighted by atomic mass is 79.9. The van der Waals surface area contributed by atoms with E-state index in [1.165, 1.54) is 5.56 Å². The van der Waals surface area contributed by atoms with Gasteiger partial charge in [0.15, 0.2) is 5.82 Å². The van der Waals surface area contributed by atoms with Gasteiger partial charge in [0.05, 0.1) is 12.0 Å². The largest absolute Gasteiger partial charge is 0.395 e. The molecular formula is C19H27BrN4O2. The number of hydrogen-bond donors (Lipinski definition) is 1. The van der Waals surface area contributed by atoms with Crippen molar-refractivity contribution in [2.75, 3.05) is 44.2 Å². The van der Waals surface area contributed by atoms with Gasteiger partial charge in [0.1, 0.15) is 0 Å². The Morgan fingerprint density at radius 3 is 2.42 bits per heavy atom. The molecule has 7 heteroatoms. The zero-order valence-corrected chi connectivity index (χ0v) is 17.2. The summed E-state index contributed by atoms with van der Waals surface area (Å²) in [6, 6.07) is 8.93. The van der Waals surface area contributed by atoms with Gasteiger partial charge in [0.25, 0.3) is 0 Å². The fourth-order valence-electron chi connectivity index (χ4n) is 3.38. The maximum Gasteiger partial charge on any atom is 0.324 e. The lowest BCUT2D eigenvalue weighted by Crippen LogP contribution is -2.47. The first-order valence-corrected chi connectivity index (χ1v) is 9.93. The second-order valence-electron chi connectivity index (χ2n) is 7.32. The minimum absolute atomic E-state index is 0.199. The molecule has 1 fully saturated rings. The molecule has 1 aromatic carbocycles. The van der Waals surface area contributed by atoms with Crippen LogP contribution in [0, 0.1) is 5.92 Å². The van der Waals surface area contributed by atoms with Crippen LogP contribution < -0.4 is 4.90 Å². The molecule has 1 unspecified atom stereocenters. The number of halogens is 1. The number of nitrogens with zero attached hydrogens (tertiary/aromatic N) is 4. The van der Waals surface area contributed by atoms with E-state index in [1.54, 1.807) is 0 Å². The van der Waals surface area contributed by atoms with E-state index in [1.807, 2.05) is 0 Å². The molecule has 0 radical (unpaired) electrons. The van der Waals surface area contributed by atoms with E-state index in [-0.39, 0.29) is 12.0 Å². The zero-order valence-electron chi connectivity index (χ0n) is 15.7. The molecule has 2 heterocycles. The van der Waals surface area contributed by atoms with Gasteiger partial charge in [-0.05, 0) is 30.5 Å². The van der Waals surface area contributed by atoms with Gasteiger partial charge in [-0.25, -0.2) is 0 Å². The number of hydrogen-bond acceptors (Lipinski definition) is 6. The normalized spacial score (nSPS) is 18.3.